The maximum atomic E-state index is 11.8. The molecule has 15 heavy (non-hydrogen) atoms. The van der Waals surface area contributed by atoms with Gasteiger partial charge >= 0.3 is 5.97 Å². The normalized spacial score (nSPS) is 25.1. The molecule has 1 aliphatic heterocycles. The van der Waals surface area contributed by atoms with Gasteiger partial charge in [0.15, 0.2) is 0 Å². The summed E-state index contributed by atoms with van der Waals surface area (Å²) in [4.78, 5) is 22.9. The second kappa shape index (κ2) is 5.39. The molecule has 0 aromatic rings. The first-order chi connectivity index (χ1) is 7.14. The molecule has 0 aliphatic carbocycles. The molecule has 1 aliphatic rings. The molecule has 0 bridgehead atoms. The fourth-order valence-corrected chi connectivity index (χ4v) is 2.53. The fourth-order valence-electron chi connectivity index (χ4n) is 1.55. The summed E-state index contributed by atoms with van der Waals surface area (Å²) >= 11 is 1.16. The molecule has 1 atom stereocenters. The number of carbonyl (C=O) groups is 2. The SMILES string of the molecule is CCCC[C@]1(C(=O)OCC)CSC(=O)N1. The van der Waals surface area contributed by atoms with Crippen LogP contribution in [0.3, 0.4) is 0 Å². The van der Waals surface area contributed by atoms with Gasteiger partial charge in [0.25, 0.3) is 5.24 Å². The van der Waals surface area contributed by atoms with Gasteiger partial charge in [-0.05, 0) is 13.3 Å². The van der Waals surface area contributed by atoms with E-state index in [0.717, 1.165) is 24.6 Å². The summed E-state index contributed by atoms with van der Waals surface area (Å²) in [6.45, 7) is 4.19. The van der Waals surface area contributed by atoms with Gasteiger partial charge in [0.05, 0.1) is 6.61 Å². The zero-order valence-electron chi connectivity index (χ0n) is 9.17. The minimum Gasteiger partial charge on any atom is -0.464 e. The summed E-state index contributed by atoms with van der Waals surface area (Å²) in [6, 6.07) is 0. The second-order valence-electron chi connectivity index (χ2n) is 3.61. The van der Waals surface area contributed by atoms with Crippen molar-refractivity contribution in [2.24, 2.45) is 0 Å². The fraction of sp³-hybridized carbons (Fsp3) is 0.800. The molecule has 4 nitrogen and oxygen atoms in total. The summed E-state index contributed by atoms with van der Waals surface area (Å²) in [6.07, 6.45) is 2.59. The summed E-state index contributed by atoms with van der Waals surface area (Å²) in [7, 11) is 0. The Morgan fingerprint density at radius 3 is 2.80 bits per heavy atom. The second-order valence-corrected chi connectivity index (χ2v) is 4.56. The van der Waals surface area contributed by atoms with Gasteiger partial charge < -0.3 is 10.1 Å². The highest BCUT2D eigenvalue weighted by atomic mass is 32.2. The van der Waals surface area contributed by atoms with Gasteiger partial charge in [0.1, 0.15) is 5.54 Å². The summed E-state index contributed by atoms with van der Waals surface area (Å²) in [5.41, 5.74) is -0.770. The minimum atomic E-state index is -0.770. The van der Waals surface area contributed by atoms with Crippen molar-refractivity contribution in [3.05, 3.63) is 0 Å². The van der Waals surface area contributed by atoms with Crippen molar-refractivity contribution in [2.45, 2.75) is 38.6 Å². The molecule has 0 radical (unpaired) electrons. The number of hydrogen-bond acceptors (Lipinski definition) is 4. The number of ether oxygens (including phenoxy) is 1. The van der Waals surface area contributed by atoms with E-state index in [1.807, 2.05) is 0 Å². The zero-order chi connectivity index (χ0) is 11.3. The number of rotatable bonds is 5. The lowest BCUT2D eigenvalue weighted by Gasteiger charge is -2.25. The Kier molecular flexibility index (Phi) is 4.45. The van der Waals surface area contributed by atoms with Crippen LogP contribution in [0.5, 0.6) is 0 Å². The van der Waals surface area contributed by atoms with Crippen molar-refractivity contribution >= 4 is 23.0 Å². The van der Waals surface area contributed by atoms with Crippen molar-refractivity contribution < 1.29 is 14.3 Å². The molecule has 1 fully saturated rings. The van der Waals surface area contributed by atoms with Crippen LogP contribution in [-0.2, 0) is 9.53 Å². The van der Waals surface area contributed by atoms with E-state index in [4.69, 9.17) is 4.74 Å². The van der Waals surface area contributed by atoms with E-state index in [-0.39, 0.29) is 11.2 Å². The molecule has 0 saturated carbocycles. The van der Waals surface area contributed by atoms with Crippen molar-refractivity contribution in [3.63, 3.8) is 0 Å². The maximum Gasteiger partial charge on any atom is 0.332 e. The first-order valence-electron chi connectivity index (χ1n) is 5.27. The first-order valence-corrected chi connectivity index (χ1v) is 6.25. The topological polar surface area (TPSA) is 55.4 Å². The van der Waals surface area contributed by atoms with Gasteiger partial charge in [-0.15, -0.1) is 0 Å². The molecule has 0 unspecified atom stereocenters. The standard InChI is InChI=1S/C10H17NO3S/c1-3-5-6-10(8(12)14-4-2)7-15-9(13)11-10/h3-7H2,1-2H3,(H,11,13)/t10-/m1/s1. The third-order valence-electron chi connectivity index (χ3n) is 2.41. The number of esters is 1. The number of thioether (sulfide) groups is 1. The van der Waals surface area contributed by atoms with E-state index >= 15 is 0 Å². The van der Waals surface area contributed by atoms with Crippen LogP contribution in [-0.4, -0.2) is 29.1 Å². The highest BCUT2D eigenvalue weighted by Gasteiger charge is 2.45. The number of nitrogens with one attached hydrogen (secondary N) is 1. The van der Waals surface area contributed by atoms with Crippen molar-refractivity contribution in [1.82, 2.24) is 5.32 Å². The summed E-state index contributed by atoms with van der Waals surface area (Å²) in [5, 5.41) is 2.61. The molecule has 1 rings (SSSR count). The van der Waals surface area contributed by atoms with E-state index in [2.05, 4.69) is 12.2 Å². The number of unbranched alkanes of at least 4 members (excludes halogenated alkanes) is 1. The molecule has 1 saturated heterocycles. The van der Waals surface area contributed by atoms with Gasteiger partial charge in [0.2, 0.25) is 0 Å². The predicted octanol–water partition coefficient (Wildman–Crippen LogP) is 1.93. The Morgan fingerprint density at radius 2 is 2.33 bits per heavy atom. The smallest absolute Gasteiger partial charge is 0.332 e. The van der Waals surface area contributed by atoms with Gasteiger partial charge in [-0.2, -0.15) is 0 Å². The lowest BCUT2D eigenvalue weighted by molar-refractivity contribution is -0.149. The molecule has 0 aromatic heterocycles. The molecule has 1 heterocycles. The average Bonchev–Trinajstić information content (AvgIpc) is 2.59. The highest BCUT2D eigenvalue weighted by Crippen LogP contribution is 2.29. The van der Waals surface area contributed by atoms with E-state index < -0.39 is 5.54 Å². The first kappa shape index (κ1) is 12.4. The predicted molar refractivity (Wildman–Crippen MR) is 59.9 cm³/mol. The molecule has 86 valence electrons. The van der Waals surface area contributed by atoms with Gasteiger partial charge in [-0.25, -0.2) is 4.79 Å². The van der Waals surface area contributed by atoms with Crippen LogP contribution in [0.25, 0.3) is 0 Å². The molecule has 5 heteroatoms. The minimum absolute atomic E-state index is 0.126. The number of carbonyl (C=O) groups excluding carboxylic acids is 2. The van der Waals surface area contributed by atoms with Gasteiger partial charge in [0, 0.05) is 5.75 Å². The lowest BCUT2D eigenvalue weighted by atomic mass is 9.95. The summed E-state index contributed by atoms with van der Waals surface area (Å²) in [5.74, 6) is 0.196. The molecule has 1 N–H and O–H groups in total. The molecule has 0 spiro atoms. The van der Waals surface area contributed by atoms with Crippen LogP contribution < -0.4 is 5.32 Å². The van der Waals surface area contributed by atoms with Crippen LogP contribution in [0.1, 0.15) is 33.1 Å². The van der Waals surface area contributed by atoms with E-state index in [1.165, 1.54) is 0 Å². The average molecular weight is 231 g/mol. The van der Waals surface area contributed by atoms with Gasteiger partial charge in [-0.1, -0.05) is 31.5 Å². The Morgan fingerprint density at radius 1 is 1.60 bits per heavy atom. The van der Waals surface area contributed by atoms with E-state index in [9.17, 15) is 9.59 Å². The van der Waals surface area contributed by atoms with Gasteiger partial charge in [-0.3, -0.25) is 4.79 Å². The van der Waals surface area contributed by atoms with Crippen LogP contribution >= 0.6 is 11.8 Å². The maximum absolute atomic E-state index is 11.8. The largest absolute Gasteiger partial charge is 0.464 e. The van der Waals surface area contributed by atoms with Crippen LogP contribution in [0.2, 0.25) is 0 Å². The number of hydrogen-bond donors (Lipinski definition) is 1. The summed E-state index contributed by atoms with van der Waals surface area (Å²) < 4.78 is 5.01. The Balaban J connectivity index is 2.68. The Labute approximate surface area is 94.1 Å². The molecular formula is C10H17NO3S. The van der Waals surface area contributed by atoms with Crippen LogP contribution in [0.15, 0.2) is 0 Å². The van der Waals surface area contributed by atoms with Crippen molar-refractivity contribution in [3.8, 4) is 0 Å². The zero-order valence-corrected chi connectivity index (χ0v) is 9.99. The third kappa shape index (κ3) is 2.87. The van der Waals surface area contributed by atoms with Crippen molar-refractivity contribution in [2.75, 3.05) is 12.4 Å². The molecule has 0 aromatic carbocycles. The quantitative estimate of drug-likeness (QED) is 0.735. The van der Waals surface area contributed by atoms with Crippen molar-refractivity contribution in [1.29, 1.82) is 0 Å². The Bertz CT molecular complexity index is 257. The molecule has 1 amide bonds. The Hall–Kier alpha value is -0.710. The monoisotopic (exact) mass is 231 g/mol. The molecular weight excluding hydrogens is 214 g/mol. The van der Waals surface area contributed by atoms with Crippen LogP contribution in [0, 0.1) is 0 Å². The van der Waals surface area contributed by atoms with Crippen LogP contribution in [0.4, 0.5) is 4.79 Å². The third-order valence-corrected chi connectivity index (χ3v) is 3.42. The lowest BCUT2D eigenvalue weighted by Crippen LogP contribution is -2.51. The number of amides is 1. The highest BCUT2D eigenvalue weighted by molar-refractivity contribution is 8.14. The van der Waals surface area contributed by atoms with E-state index in [0.29, 0.717) is 18.8 Å². The van der Waals surface area contributed by atoms with E-state index in [1.54, 1.807) is 6.92 Å².